The Balaban J connectivity index is 2.13. The van der Waals surface area contributed by atoms with Crippen LogP contribution in [0.3, 0.4) is 0 Å². The second-order valence-corrected chi connectivity index (χ2v) is 5.45. The van der Waals surface area contributed by atoms with Crippen molar-refractivity contribution in [2.24, 2.45) is 5.92 Å². The van der Waals surface area contributed by atoms with Gasteiger partial charge in [0.25, 0.3) is 0 Å². The topological polar surface area (TPSA) is 71.3 Å². The standard InChI is InChI=1S/C18H17ClN2O3/c1-23-16-8-7-12(10-17(16)24-2)9-13(11-20)18(22)21-15-6-4-3-5-14(15)19/h3-8,10,13H,9H2,1-2H3,(H,21,22). The lowest BCUT2D eigenvalue weighted by Crippen LogP contribution is -2.23. The normalized spacial score (nSPS) is 11.2. The Hall–Kier alpha value is -2.71. The zero-order valence-electron chi connectivity index (χ0n) is 13.4. The predicted molar refractivity (Wildman–Crippen MR) is 92.4 cm³/mol. The molecule has 24 heavy (non-hydrogen) atoms. The third kappa shape index (κ3) is 4.18. The van der Waals surface area contributed by atoms with E-state index in [-0.39, 0.29) is 6.42 Å². The molecule has 0 saturated carbocycles. The van der Waals surface area contributed by atoms with Crippen molar-refractivity contribution >= 4 is 23.2 Å². The second kappa shape index (κ2) is 8.23. The van der Waals surface area contributed by atoms with Gasteiger partial charge in [-0.3, -0.25) is 4.79 Å². The molecular formula is C18H17ClN2O3. The number of carbonyl (C=O) groups excluding carboxylic acids is 1. The molecule has 2 rings (SSSR count). The van der Waals surface area contributed by atoms with Crippen LogP contribution in [0.4, 0.5) is 5.69 Å². The van der Waals surface area contributed by atoms with Crippen molar-refractivity contribution in [2.75, 3.05) is 19.5 Å². The fourth-order valence-corrected chi connectivity index (χ4v) is 2.41. The van der Waals surface area contributed by atoms with E-state index in [1.54, 1.807) is 49.6 Å². The van der Waals surface area contributed by atoms with Gasteiger partial charge < -0.3 is 14.8 Å². The molecule has 0 saturated heterocycles. The van der Waals surface area contributed by atoms with Crippen LogP contribution in [-0.2, 0) is 11.2 Å². The number of nitriles is 1. The summed E-state index contributed by atoms with van der Waals surface area (Å²) in [5, 5.41) is 12.4. The Morgan fingerprint density at radius 3 is 2.54 bits per heavy atom. The van der Waals surface area contributed by atoms with Crippen molar-refractivity contribution in [1.29, 1.82) is 5.26 Å². The Kier molecular flexibility index (Phi) is 6.05. The van der Waals surface area contributed by atoms with E-state index in [9.17, 15) is 10.1 Å². The van der Waals surface area contributed by atoms with Gasteiger partial charge in [-0.2, -0.15) is 5.26 Å². The second-order valence-electron chi connectivity index (χ2n) is 5.04. The molecule has 0 bridgehead atoms. The molecule has 2 aromatic carbocycles. The number of hydrogen-bond acceptors (Lipinski definition) is 4. The zero-order valence-corrected chi connectivity index (χ0v) is 14.1. The van der Waals surface area contributed by atoms with Crippen LogP contribution >= 0.6 is 11.6 Å². The molecule has 5 nitrogen and oxygen atoms in total. The van der Waals surface area contributed by atoms with Gasteiger partial charge in [0.2, 0.25) is 5.91 Å². The first-order valence-corrected chi connectivity index (χ1v) is 7.62. The van der Waals surface area contributed by atoms with Crippen LogP contribution in [0.1, 0.15) is 5.56 Å². The highest BCUT2D eigenvalue weighted by molar-refractivity contribution is 6.33. The van der Waals surface area contributed by atoms with Crippen LogP contribution in [-0.4, -0.2) is 20.1 Å². The van der Waals surface area contributed by atoms with E-state index in [2.05, 4.69) is 5.32 Å². The maximum absolute atomic E-state index is 12.3. The number of hydrogen-bond donors (Lipinski definition) is 1. The van der Waals surface area contributed by atoms with Gasteiger partial charge in [0.05, 0.1) is 31.0 Å². The van der Waals surface area contributed by atoms with Crippen LogP contribution < -0.4 is 14.8 Å². The summed E-state index contributed by atoms with van der Waals surface area (Å²) in [7, 11) is 3.08. The molecule has 2 aromatic rings. The fourth-order valence-electron chi connectivity index (χ4n) is 2.22. The highest BCUT2D eigenvalue weighted by atomic mass is 35.5. The molecule has 1 N–H and O–H groups in total. The summed E-state index contributed by atoms with van der Waals surface area (Å²) in [5.41, 5.74) is 1.28. The third-order valence-electron chi connectivity index (χ3n) is 3.49. The molecule has 0 aliphatic carbocycles. The van der Waals surface area contributed by atoms with Crippen molar-refractivity contribution in [1.82, 2.24) is 0 Å². The van der Waals surface area contributed by atoms with Gasteiger partial charge in [-0.25, -0.2) is 0 Å². The van der Waals surface area contributed by atoms with Gasteiger partial charge in [0.1, 0.15) is 5.92 Å². The minimum absolute atomic E-state index is 0.257. The van der Waals surface area contributed by atoms with Gasteiger partial charge in [-0.15, -0.1) is 0 Å². The summed E-state index contributed by atoms with van der Waals surface area (Å²) in [4.78, 5) is 12.3. The van der Waals surface area contributed by atoms with Crippen molar-refractivity contribution in [3.8, 4) is 17.6 Å². The number of ether oxygens (including phenoxy) is 2. The lowest BCUT2D eigenvalue weighted by atomic mass is 9.99. The van der Waals surface area contributed by atoms with Crippen LogP contribution in [0.5, 0.6) is 11.5 Å². The Labute approximate surface area is 145 Å². The van der Waals surface area contributed by atoms with E-state index in [4.69, 9.17) is 21.1 Å². The number of carbonyl (C=O) groups is 1. The number of amides is 1. The molecule has 1 unspecified atom stereocenters. The maximum atomic E-state index is 12.3. The van der Waals surface area contributed by atoms with Crippen molar-refractivity contribution < 1.29 is 14.3 Å². The zero-order chi connectivity index (χ0) is 17.5. The van der Waals surface area contributed by atoms with Crippen LogP contribution in [0, 0.1) is 17.2 Å². The molecule has 124 valence electrons. The number of para-hydroxylation sites is 1. The van der Waals surface area contributed by atoms with Gasteiger partial charge in [0, 0.05) is 0 Å². The van der Waals surface area contributed by atoms with Gasteiger partial charge in [-0.05, 0) is 36.2 Å². The quantitative estimate of drug-likeness (QED) is 0.867. The monoisotopic (exact) mass is 344 g/mol. The van der Waals surface area contributed by atoms with Crippen molar-refractivity contribution in [2.45, 2.75) is 6.42 Å². The van der Waals surface area contributed by atoms with Crippen molar-refractivity contribution in [3.05, 3.63) is 53.1 Å². The minimum atomic E-state index is -0.848. The predicted octanol–water partition coefficient (Wildman–Crippen LogP) is 3.68. The summed E-state index contributed by atoms with van der Waals surface area (Å²) in [6.07, 6.45) is 0.257. The van der Waals surface area contributed by atoms with E-state index < -0.39 is 11.8 Å². The molecule has 1 atom stereocenters. The number of methoxy groups -OCH3 is 2. The Morgan fingerprint density at radius 2 is 1.92 bits per heavy atom. The van der Waals surface area contributed by atoms with E-state index in [0.717, 1.165) is 5.56 Å². The lowest BCUT2D eigenvalue weighted by Gasteiger charge is -2.13. The van der Waals surface area contributed by atoms with Gasteiger partial charge in [0.15, 0.2) is 11.5 Å². The molecule has 0 spiro atoms. The van der Waals surface area contributed by atoms with Crippen LogP contribution in [0.25, 0.3) is 0 Å². The van der Waals surface area contributed by atoms with Crippen LogP contribution in [0.2, 0.25) is 5.02 Å². The average molecular weight is 345 g/mol. The molecule has 0 fully saturated rings. The fraction of sp³-hybridized carbons (Fsp3) is 0.222. The van der Waals surface area contributed by atoms with E-state index in [1.165, 1.54) is 7.11 Å². The average Bonchev–Trinajstić information content (AvgIpc) is 2.61. The van der Waals surface area contributed by atoms with E-state index in [1.807, 2.05) is 6.07 Å². The number of rotatable bonds is 6. The highest BCUT2D eigenvalue weighted by Gasteiger charge is 2.20. The first-order valence-electron chi connectivity index (χ1n) is 7.25. The number of nitrogens with zero attached hydrogens (tertiary/aromatic N) is 1. The molecule has 6 heteroatoms. The molecule has 0 heterocycles. The Bertz CT molecular complexity index is 771. The molecule has 0 aliphatic heterocycles. The number of anilines is 1. The minimum Gasteiger partial charge on any atom is -0.493 e. The highest BCUT2D eigenvalue weighted by Crippen LogP contribution is 2.29. The maximum Gasteiger partial charge on any atom is 0.242 e. The van der Waals surface area contributed by atoms with Crippen LogP contribution in [0.15, 0.2) is 42.5 Å². The summed E-state index contributed by atoms with van der Waals surface area (Å²) >= 11 is 6.02. The SMILES string of the molecule is COc1ccc(CC(C#N)C(=O)Nc2ccccc2Cl)cc1OC. The Morgan fingerprint density at radius 1 is 1.21 bits per heavy atom. The summed E-state index contributed by atoms with van der Waals surface area (Å²) in [6, 6.07) is 14.2. The number of nitrogens with one attached hydrogen (secondary N) is 1. The summed E-state index contributed by atoms with van der Waals surface area (Å²) in [5.74, 6) is -0.103. The van der Waals surface area contributed by atoms with Gasteiger partial charge >= 0.3 is 0 Å². The van der Waals surface area contributed by atoms with E-state index >= 15 is 0 Å². The molecule has 1 amide bonds. The molecule has 0 radical (unpaired) electrons. The summed E-state index contributed by atoms with van der Waals surface area (Å²) < 4.78 is 10.4. The summed E-state index contributed by atoms with van der Waals surface area (Å²) in [6.45, 7) is 0. The first-order chi connectivity index (χ1) is 11.6. The third-order valence-corrected chi connectivity index (χ3v) is 3.82. The largest absolute Gasteiger partial charge is 0.493 e. The molecule has 0 aliphatic rings. The first kappa shape index (κ1) is 17.6. The van der Waals surface area contributed by atoms with Gasteiger partial charge in [-0.1, -0.05) is 29.8 Å². The number of benzene rings is 2. The van der Waals surface area contributed by atoms with Crippen molar-refractivity contribution in [3.63, 3.8) is 0 Å². The van der Waals surface area contributed by atoms with E-state index in [0.29, 0.717) is 22.2 Å². The molecular weight excluding hydrogens is 328 g/mol. The molecule has 0 aromatic heterocycles. The lowest BCUT2D eigenvalue weighted by molar-refractivity contribution is -0.118. The number of halogens is 1. The smallest absolute Gasteiger partial charge is 0.242 e.